The van der Waals surface area contributed by atoms with Gasteiger partial charge in [-0.25, -0.2) is 9.78 Å². The summed E-state index contributed by atoms with van der Waals surface area (Å²) in [6.07, 6.45) is 4.66. The van der Waals surface area contributed by atoms with Gasteiger partial charge in [0.25, 0.3) is 0 Å². The van der Waals surface area contributed by atoms with E-state index in [2.05, 4.69) is 22.7 Å². The molecule has 0 fully saturated rings. The highest BCUT2D eigenvalue weighted by molar-refractivity contribution is 7.13. The van der Waals surface area contributed by atoms with Crippen molar-refractivity contribution in [2.75, 3.05) is 11.9 Å². The van der Waals surface area contributed by atoms with Crippen molar-refractivity contribution >= 4 is 22.3 Å². The lowest BCUT2D eigenvalue weighted by Crippen LogP contribution is -2.05. The van der Waals surface area contributed by atoms with Gasteiger partial charge in [-0.1, -0.05) is 37.5 Å². The number of hydrogen-bond acceptors (Lipinski definition) is 4. The highest BCUT2D eigenvalue weighted by Gasteiger charge is 2.12. The summed E-state index contributed by atoms with van der Waals surface area (Å²) in [6.45, 7) is 2.96. The first-order valence-electron chi connectivity index (χ1n) is 5.09. The van der Waals surface area contributed by atoms with Gasteiger partial charge in [0, 0.05) is 6.54 Å². The van der Waals surface area contributed by atoms with E-state index in [1.165, 1.54) is 30.6 Å². The van der Waals surface area contributed by atoms with Crippen LogP contribution in [0.2, 0.25) is 0 Å². The first kappa shape index (κ1) is 12.0. The van der Waals surface area contributed by atoms with Crippen LogP contribution >= 0.6 is 11.3 Å². The molecule has 4 nitrogen and oxygen atoms in total. The van der Waals surface area contributed by atoms with Crippen LogP contribution in [0.3, 0.4) is 0 Å². The maximum Gasteiger partial charge on any atom is 0.357 e. The zero-order valence-electron chi connectivity index (χ0n) is 8.75. The Labute approximate surface area is 93.4 Å². The molecule has 0 aromatic carbocycles. The van der Waals surface area contributed by atoms with E-state index in [4.69, 9.17) is 5.11 Å². The fourth-order valence-corrected chi connectivity index (χ4v) is 1.86. The number of carbonyl (C=O) groups is 1. The fraction of sp³-hybridized carbons (Fsp3) is 0.600. The number of aromatic carboxylic acids is 1. The summed E-state index contributed by atoms with van der Waals surface area (Å²) in [5, 5.41) is 12.5. The Bertz CT molecular complexity index is 312. The van der Waals surface area contributed by atoms with Crippen LogP contribution < -0.4 is 5.32 Å². The molecular weight excluding hydrogens is 212 g/mol. The van der Waals surface area contributed by atoms with Gasteiger partial charge < -0.3 is 10.4 Å². The van der Waals surface area contributed by atoms with E-state index < -0.39 is 5.97 Å². The zero-order valence-corrected chi connectivity index (χ0v) is 9.56. The lowest BCUT2D eigenvalue weighted by Gasteiger charge is -2.03. The fourth-order valence-electron chi connectivity index (χ4n) is 1.23. The monoisotopic (exact) mass is 227 g/mol. The predicted molar refractivity (Wildman–Crippen MR) is 60.5 cm³/mol. The molecule has 0 unspecified atom stereocenters. The van der Waals surface area contributed by atoms with Crippen LogP contribution in [0.25, 0.3) is 0 Å². The van der Waals surface area contributed by atoms with Crippen LogP contribution in [-0.4, -0.2) is 22.6 Å². The molecule has 1 rings (SSSR count). The molecule has 0 aliphatic rings. The topological polar surface area (TPSA) is 62.2 Å². The number of nitrogens with zero attached hydrogens (tertiary/aromatic N) is 1. The number of thiazole rings is 1. The molecule has 0 spiro atoms. The van der Waals surface area contributed by atoms with Gasteiger partial charge in [0.05, 0.1) is 0 Å². The highest BCUT2D eigenvalue weighted by Crippen LogP contribution is 2.19. The van der Waals surface area contributed by atoms with E-state index >= 15 is 0 Å². The minimum Gasteiger partial charge on any atom is -0.476 e. The Kier molecular flexibility index (Phi) is 5.10. The second kappa shape index (κ2) is 6.40. The Morgan fingerprint density at radius 1 is 1.53 bits per heavy atom. The summed E-state index contributed by atoms with van der Waals surface area (Å²) >= 11 is 1.21. The number of aromatic nitrogens is 1. The van der Waals surface area contributed by atoms with Crippen molar-refractivity contribution < 1.29 is 9.90 Å². The maximum atomic E-state index is 10.7. The molecule has 0 aliphatic heterocycles. The Balaban J connectivity index is 2.31. The van der Waals surface area contributed by atoms with Gasteiger partial charge >= 0.3 is 5.97 Å². The normalized spacial score (nSPS) is 10.2. The van der Waals surface area contributed by atoms with Gasteiger partial charge in [0.2, 0.25) is 0 Å². The highest BCUT2D eigenvalue weighted by atomic mass is 32.1. The molecule has 1 aromatic rings. The second-order valence-corrected chi connectivity index (χ2v) is 4.07. The largest absolute Gasteiger partial charge is 0.476 e. The van der Waals surface area contributed by atoms with E-state index in [1.54, 1.807) is 0 Å². The number of unbranched alkanes of at least 4 members (excludes halogenated alkanes) is 3. The molecule has 0 saturated heterocycles. The second-order valence-electron chi connectivity index (χ2n) is 3.28. The third-order valence-electron chi connectivity index (χ3n) is 2.04. The number of carboxylic acid groups (broad SMARTS) is 1. The summed E-state index contributed by atoms with van der Waals surface area (Å²) in [6, 6.07) is 0. The molecule has 0 bridgehead atoms. The molecule has 5 heteroatoms. The standard InChI is InChI=1S/C10H15N2O2S/c1-2-3-4-5-6-11-9-8(10(13)14)12-7-15-9/h11H,2-6H2,1H3,(H,13,14). The third-order valence-corrected chi connectivity index (χ3v) is 2.76. The Morgan fingerprint density at radius 2 is 2.33 bits per heavy atom. The number of nitrogens with one attached hydrogen (secondary N) is 1. The van der Waals surface area contributed by atoms with Crippen LogP contribution in [-0.2, 0) is 0 Å². The van der Waals surface area contributed by atoms with Crippen molar-refractivity contribution in [3.63, 3.8) is 0 Å². The van der Waals surface area contributed by atoms with Crippen molar-refractivity contribution in [1.82, 2.24) is 4.98 Å². The van der Waals surface area contributed by atoms with Crippen molar-refractivity contribution in [1.29, 1.82) is 0 Å². The molecule has 83 valence electrons. The molecule has 1 radical (unpaired) electrons. The number of carboxylic acids is 1. The lowest BCUT2D eigenvalue weighted by atomic mass is 10.2. The van der Waals surface area contributed by atoms with Crippen LogP contribution in [0.15, 0.2) is 0 Å². The summed E-state index contributed by atoms with van der Waals surface area (Å²) < 4.78 is 0. The van der Waals surface area contributed by atoms with Crippen molar-refractivity contribution in [2.45, 2.75) is 32.6 Å². The SMILES string of the molecule is CCCCCCNc1s[c]nc1C(=O)O. The molecule has 2 N–H and O–H groups in total. The van der Waals surface area contributed by atoms with Gasteiger partial charge in [-0.2, -0.15) is 0 Å². The first-order chi connectivity index (χ1) is 7.25. The molecule has 0 amide bonds. The lowest BCUT2D eigenvalue weighted by molar-refractivity contribution is 0.0692. The van der Waals surface area contributed by atoms with Crippen molar-refractivity contribution in [3.8, 4) is 0 Å². The number of anilines is 1. The summed E-state index contributed by atoms with van der Waals surface area (Å²) in [7, 11) is 0. The molecule has 0 aliphatic carbocycles. The molecule has 0 atom stereocenters. The molecule has 1 aromatic heterocycles. The van der Waals surface area contributed by atoms with Gasteiger partial charge in [0.1, 0.15) is 5.00 Å². The number of hydrogen-bond donors (Lipinski definition) is 2. The minimum absolute atomic E-state index is 0.0792. The van der Waals surface area contributed by atoms with Crippen molar-refractivity contribution in [2.24, 2.45) is 0 Å². The summed E-state index contributed by atoms with van der Waals surface area (Å²) in [5.74, 6) is -0.997. The minimum atomic E-state index is -0.997. The molecule has 0 saturated carbocycles. The molecule has 15 heavy (non-hydrogen) atoms. The van der Waals surface area contributed by atoms with Gasteiger partial charge in [-0.15, -0.1) is 0 Å². The summed E-state index contributed by atoms with van der Waals surface area (Å²) in [4.78, 5) is 14.4. The predicted octanol–water partition coefficient (Wildman–Crippen LogP) is 2.63. The third kappa shape index (κ3) is 3.87. The van der Waals surface area contributed by atoms with Crippen LogP contribution in [0.1, 0.15) is 43.1 Å². The Hall–Kier alpha value is -1.10. The van der Waals surface area contributed by atoms with E-state index in [0.717, 1.165) is 13.0 Å². The van der Waals surface area contributed by atoms with Crippen LogP contribution in [0.5, 0.6) is 0 Å². The van der Waals surface area contributed by atoms with Gasteiger partial charge in [-0.05, 0) is 6.42 Å². The average Bonchev–Trinajstić information content (AvgIpc) is 2.66. The maximum absolute atomic E-state index is 10.7. The van der Waals surface area contributed by atoms with E-state index in [9.17, 15) is 4.79 Å². The van der Waals surface area contributed by atoms with Crippen molar-refractivity contribution in [3.05, 3.63) is 11.2 Å². The smallest absolute Gasteiger partial charge is 0.357 e. The van der Waals surface area contributed by atoms with E-state index in [1.807, 2.05) is 0 Å². The van der Waals surface area contributed by atoms with Crippen LogP contribution in [0, 0.1) is 5.51 Å². The molecular formula is C10H15N2O2S. The summed E-state index contributed by atoms with van der Waals surface area (Å²) in [5.41, 5.74) is 2.66. The van der Waals surface area contributed by atoms with Crippen LogP contribution in [0.4, 0.5) is 5.00 Å². The average molecular weight is 227 g/mol. The molecule has 1 heterocycles. The number of rotatable bonds is 7. The quantitative estimate of drug-likeness (QED) is 0.703. The van der Waals surface area contributed by atoms with E-state index in [0.29, 0.717) is 5.00 Å². The van der Waals surface area contributed by atoms with E-state index in [-0.39, 0.29) is 5.69 Å². The zero-order chi connectivity index (χ0) is 11.1. The van der Waals surface area contributed by atoms with Gasteiger partial charge in [-0.3, -0.25) is 0 Å². The Morgan fingerprint density at radius 3 is 3.00 bits per heavy atom. The van der Waals surface area contributed by atoms with Gasteiger partial charge in [0.15, 0.2) is 11.2 Å². The first-order valence-corrected chi connectivity index (χ1v) is 5.91.